The summed E-state index contributed by atoms with van der Waals surface area (Å²) in [7, 11) is 0. The highest BCUT2D eigenvalue weighted by Crippen LogP contribution is 2.31. The number of hydrogen-bond acceptors (Lipinski definition) is 6. The van der Waals surface area contributed by atoms with Gasteiger partial charge in [0.05, 0.1) is 11.4 Å². The van der Waals surface area contributed by atoms with E-state index in [1.165, 1.54) is 6.42 Å². The molecule has 5 N–H and O–H groups in total. The van der Waals surface area contributed by atoms with Gasteiger partial charge < -0.3 is 21.7 Å². The van der Waals surface area contributed by atoms with Crippen molar-refractivity contribution in [1.82, 2.24) is 9.97 Å². The Hall–Kier alpha value is -3.16. The van der Waals surface area contributed by atoms with E-state index in [1.807, 2.05) is 6.07 Å². The largest absolute Gasteiger partial charge is 0.370 e. The molecule has 1 aliphatic rings. The van der Waals surface area contributed by atoms with Crippen molar-refractivity contribution >= 4 is 29.1 Å². The van der Waals surface area contributed by atoms with Gasteiger partial charge in [0, 0.05) is 24.3 Å². The van der Waals surface area contributed by atoms with Crippen LogP contribution in [0, 0.1) is 12.8 Å². The Balaban J connectivity index is 1.94. The van der Waals surface area contributed by atoms with Crippen molar-refractivity contribution in [2.75, 3.05) is 29.0 Å². The molecule has 1 fully saturated rings. The first-order valence-corrected chi connectivity index (χ1v) is 8.95. The summed E-state index contributed by atoms with van der Waals surface area (Å²) < 4.78 is 0. The van der Waals surface area contributed by atoms with E-state index < -0.39 is 11.8 Å². The predicted octanol–water partition coefficient (Wildman–Crippen LogP) is 1.95. The number of primary amides is 1. The Labute approximate surface area is 158 Å². The van der Waals surface area contributed by atoms with Crippen molar-refractivity contribution in [1.29, 1.82) is 0 Å². The summed E-state index contributed by atoms with van der Waals surface area (Å²) in [5.74, 6) is -0.370. The lowest BCUT2D eigenvalue weighted by molar-refractivity contribution is 0.0995. The second kappa shape index (κ2) is 7.61. The van der Waals surface area contributed by atoms with Gasteiger partial charge in [-0.05, 0) is 49.9 Å². The molecular formula is C19H24N6O2. The zero-order chi connectivity index (χ0) is 19.6. The lowest BCUT2D eigenvalue weighted by atomic mass is 9.99. The van der Waals surface area contributed by atoms with E-state index in [9.17, 15) is 9.59 Å². The average molecular weight is 368 g/mol. The summed E-state index contributed by atoms with van der Waals surface area (Å²) in [5.41, 5.74) is 13.5. The van der Waals surface area contributed by atoms with Gasteiger partial charge in [-0.15, -0.1) is 0 Å². The number of aryl methyl sites for hydroxylation is 1. The van der Waals surface area contributed by atoms with Crippen molar-refractivity contribution < 1.29 is 9.59 Å². The molecule has 8 heteroatoms. The molecule has 1 aromatic heterocycles. The van der Waals surface area contributed by atoms with Crippen LogP contribution in [0.2, 0.25) is 0 Å². The fourth-order valence-electron chi connectivity index (χ4n) is 3.37. The third-order valence-corrected chi connectivity index (χ3v) is 4.63. The molecule has 0 saturated carbocycles. The number of carbonyl (C=O) groups excluding carboxylic acids is 2. The molecule has 2 amide bonds. The molecule has 2 aromatic rings. The van der Waals surface area contributed by atoms with E-state index in [4.69, 9.17) is 11.5 Å². The number of hydrogen-bond donors (Lipinski definition) is 3. The van der Waals surface area contributed by atoms with Gasteiger partial charge in [0.25, 0.3) is 5.91 Å². The van der Waals surface area contributed by atoms with Crippen LogP contribution in [0.15, 0.2) is 24.3 Å². The van der Waals surface area contributed by atoms with Crippen molar-refractivity contribution in [3.63, 3.8) is 0 Å². The molecular weight excluding hydrogens is 344 g/mol. The fraction of sp³-hybridized carbons (Fsp3) is 0.368. The maximum absolute atomic E-state index is 12.7. The number of anilines is 3. The Bertz CT molecular complexity index is 862. The minimum atomic E-state index is -0.550. The Morgan fingerprint density at radius 2 is 2.04 bits per heavy atom. The third kappa shape index (κ3) is 4.33. The highest BCUT2D eigenvalue weighted by Gasteiger charge is 2.21. The summed E-state index contributed by atoms with van der Waals surface area (Å²) in [6.45, 7) is 5.72. The van der Waals surface area contributed by atoms with Gasteiger partial charge in [0.15, 0.2) is 0 Å². The molecule has 0 aliphatic carbocycles. The minimum absolute atomic E-state index is 0.0381. The van der Waals surface area contributed by atoms with Crippen molar-refractivity contribution in [2.24, 2.45) is 11.7 Å². The van der Waals surface area contributed by atoms with Gasteiger partial charge in [-0.25, -0.2) is 9.97 Å². The number of nitrogens with zero attached hydrogens (tertiary/aromatic N) is 3. The van der Waals surface area contributed by atoms with Crippen LogP contribution in [0.3, 0.4) is 0 Å². The molecule has 1 aliphatic heterocycles. The van der Waals surface area contributed by atoms with E-state index in [1.54, 1.807) is 25.1 Å². The van der Waals surface area contributed by atoms with Crippen LogP contribution in [0.25, 0.3) is 0 Å². The van der Waals surface area contributed by atoms with Crippen LogP contribution >= 0.6 is 0 Å². The zero-order valence-electron chi connectivity index (χ0n) is 15.5. The number of nitrogens with one attached hydrogen (secondary N) is 1. The Kier molecular flexibility index (Phi) is 5.25. The molecule has 27 heavy (non-hydrogen) atoms. The van der Waals surface area contributed by atoms with Crippen molar-refractivity contribution in [3.8, 4) is 0 Å². The first-order valence-electron chi connectivity index (χ1n) is 8.95. The molecule has 8 nitrogen and oxygen atoms in total. The second-order valence-corrected chi connectivity index (χ2v) is 7.00. The number of rotatable bonds is 4. The molecule has 0 bridgehead atoms. The quantitative estimate of drug-likeness (QED) is 0.757. The van der Waals surface area contributed by atoms with Crippen LogP contribution in [-0.4, -0.2) is 34.9 Å². The number of benzene rings is 1. The summed E-state index contributed by atoms with van der Waals surface area (Å²) in [5, 5.41) is 2.85. The van der Waals surface area contributed by atoms with Crippen LogP contribution in [0.5, 0.6) is 0 Å². The third-order valence-electron chi connectivity index (χ3n) is 4.63. The Morgan fingerprint density at radius 3 is 2.70 bits per heavy atom. The first kappa shape index (κ1) is 18.6. The van der Waals surface area contributed by atoms with Gasteiger partial charge in [0.2, 0.25) is 11.9 Å². The van der Waals surface area contributed by atoms with Crippen LogP contribution in [0.1, 0.15) is 46.3 Å². The molecule has 1 atom stereocenters. The van der Waals surface area contributed by atoms with E-state index in [2.05, 4.69) is 27.1 Å². The summed E-state index contributed by atoms with van der Waals surface area (Å²) in [6.07, 6.45) is 2.25. The first-order chi connectivity index (χ1) is 12.8. The number of piperidine rings is 1. The molecule has 0 spiro atoms. The molecule has 1 saturated heterocycles. The van der Waals surface area contributed by atoms with Gasteiger partial charge >= 0.3 is 0 Å². The lowest BCUT2D eigenvalue weighted by Crippen LogP contribution is -2.35. The molecule has 142 valence electrons. The second-order valence-electron chi connectivity index (χ2n) is 7.00. The topological polar surface area (TPSA) is 127 Å². The molecule has 3 rings (SSSR count). The SMILES string of the molecule is Cc1cc(C(=O)Nc2cc(C(N)=O)ccc2N2CCCC(C)C2)nc(N)n1. The van der Waals surface area contributed by atoms with Gasteiger partial charge in [-0.1, -0.05) is 6.92 Å². The lowest BCUT2D eigenvalue weighted by Gasteiger charge is -2.34. The van der Waals surface area contributed by atoms with Gasteiger partial charge in [-0.2, -0.15) is 0 Å². The molecule has 1 aromatic carbocycles. The monoisotopic (exact) mass is 368 g/mol. The average Bonchev–Trinajstić information content (AvgIpc) is 2.60. The molecule has 2 heterocycles. The maximum Gasteiger partial charge on any atom is 0.274 e. The normalized spacial score (nSPS) is 16.8. The van der Waals surface area contributed by atoms with Gasteiger partial charge in [-0.3, -0.25) is 9.59 Å². The van der Waals surface area contributed by atoms with Crippen LogP contribution < -0.4 is 21.7 Å². The van der Waals surface area contributed by atoms with E-state index in [-0.39, 0.29) is 11.6 Å². The predicted molar refractivity (Wildman–Crippen MR) is 105 cm³/mol. The number of carbonyl (C=O) groups is 2. The van der Waals surface area contributed by atoms with Crippen LogP contribution in [-0.2, 0) is 0 Å². The summed E-state index contributed by atoms with van der Waals surface area (Å²) in [6, 6.07) is 6.67. The van der Waals surface area contributed by atoms with E-state index in [0.717, 1.165) is 25.2 Å². The van der Waals surface area contributed by atoms with E-state index >= 15 is 0 Å². The van der Waals surface area contributed by atoms with Crippen molar-refractivity contribution in [2.45, 2.75) is 26.7 Å². The number of amides is 2. The summed E-state index contributed by atoms with van der Waals surface area (Å²) >= 11 is 0. The number of nitrogens with two attached hydrogens (primary N) is 2. The van der Waals surface area contributed by atoms with Crippen molar-refractivity contribution in [3.05, 3.63) is 41.2 Å². The smallest absolute Gasteiger partial charge is 0.274 e. The van der Waals surface area contributed by atoms with Gasteiger partial charge in [0.1, 0.15) is 5.69 Å². The summed E-state index contributed by atoms with van der Waals surface area (Å²) in [4.78, 5) is 34.5. The number of nitrogen functional groups attached to an aromatic ring is 1. The van der Waals surface area contributed by atoms with Crippen LogP contribution in [0.4, 0.5) is 17.3 Å². The maximum atomic E-state index is 12.7. The molecule has 0 radical (unpaired) electrons. The highest BCUT2D eigenvalue weighted by molar-refractivity contribution is 6.06. The standard InChI is InChI=1S/C19H24N6O2/c1-11-4-3-7-25(10-11)16-6-5-13(17(20)26)9-14(16)23-18(27)15-8-12(2)22-19(21)24-15/h5-6,8-9,11H,3-4,7,10H2,1-2H3,(H2,20,26)(H,23,27)(H2,21,22,24). The van der Waals surface area contributed by atoms with E-state index in [0.29, 0.717) is 22.9 Å². The Morgan fingerprint density at radius 1 is 1.26 bits per heavy atom. The zero-order valence-corrected chi connectivity index (χ0v) is 15.5. The molecule has 1 unspecified atom stereocenters. The highest BCUT2D eigenvalue weighted by atomic mass is 16.2. The minimum Gasteiger partial charge on any atom is -0.370 e. The number of aromatic nitrogens is 2. The fourth-order valence-corrected chi connectivity index (χ4v) is 3.37.